The van der Waals surface area contributed by atoms with Gasteiger partial charge in [0.15, 0.2) is 6.61 Å². The molecule has 1 atom stereocenters. The van der Waals surface area contributed by atoms with Crippen molar-refractivity contribution in [2.24, 2.45) is 0 Å². The number of hydrogen-bond acceptors (Lipinski definition) is 3. The van der Waals surface area contributed by atoms with E-state index in [1.807, 2.05) is 30.3 Å². The Morgan fingerprint density at radius 3 is 2.36 bits per heavy atom. The van der Waals surface area contributed by atoms with E-state index in [0.717, 1.165) is 5.56 Å². The molecular formula is C19H21ClN2O3. The molecule has 0 saturated heterocycles. The van der Waals surface area contributed by atoms with Crippen LogP contribution in [0.15, 0.2) is 54.6 Å². The molecule has 1 N–H and O–H groups in total. The molecule has 2 amide bonds. The van der Waals surface area contributed by atoms with E-state index in [-0.39, 0.29) is 18.4 Å². The third-order valence-electron chi connectivity index (χ3n) is 3.79. The predicted octanol–water partition coefficient (Wildman–Crippen LogP) is 2.88. The number of rotatable bonds is 7. The SMILES string of the molecule is CNC(=O)[C@@H](C)N(Cc1ccccc1)C(=O)COc1ccc(Cl)cc1. The van der Waals surface area contributed by atoms with E-state index in [9.17, 15) is 9.59 Å². The molecule has 6 heteroatoms. The molecule has 0 aliphatic rings. The fourth-order valence-corrected chi connectivity index (χ4v) is 2.46. The van der Waals surface area contributed by atoms with Gasteiger partial charge in [0.25, 0.3) is 5.91 Å². The zero-order valence-electron chi connectivity index (χ0n) is 14.2. The average Bonchev–Trinajstić information content (AvgIpc) is 2.65. The molecule has 0 bridgehead atoms. The summed E-state index contributed by atoms with van der Waals surface area (Å²) in [4.78, 5) is 26.1. The van der Waals surface area contributed by atoms with Crippen LogP contribution in [0.25, 0.3) is 0 Å². The summed E-state index contributed by atoms with van der Waals surface area (Å²) in [7, 11) is 1.55. The lowest BCUT2D eigenvalue weighted by Gasteiger charge is -2.28. The lowest BCUT2D eigenvalue weighted by molar-refractivity contribution is -0.142. The highest BCUT2D eigenvalue weighted by Crippen LogP contribution is 2.16. The van der Waals surface area contributed by atoms with E-state index < -0.39 is 6.04 Å². The summed E-state index contributed by atoms with van der Waals surface area (Å²) in [5.74, 6) is 0.0516. The summed E-state index contributed by atoms with van der Waals surface area (Å²) in [5.41, 5.74) is 0.943. The number of ether oxygens (including phenoxy) is 1. The fraction of sp³-hybridized carbons (Fsp3) is 0.263. The van der Waals surface area contributed by atoms with Crippen molar-refractivity contribution in [3.63, 3.8) is 0 Å². The molecule has 0 aromatic heterocycles. The van der Waals surface area contributed by atoms with Crippen LogP contribution in [0.3, 0.4) is 0 Å². The number of carbonyl (C=O) groups excluding carboxylic acids is 2. The second-order valence-corrected chi connectivity index (χ2v) is 5.98. The zero-order chi connectivity index (χ0) is 18.2. The van der Waals surface area contributed by atoms with Crippen LogP contribution in [-0.2, 0) is 16.1 Å². The van der Waals surface area contributed by atoms with E-state index >= 15 is 0 Å². The van der Waals surface area contributed by atoms with Gasteiger partial charge in [0.2, 0.25) is 5.91 Å². The molecular weight excluding hydrogens is 340 g/mol. The van der Waals surface area contributed by atoms with Crippen molar-refractivity contribution in [1.82, 2.24) is 10.2 Å². The Bertz CT molecular complexity index is 704. The van der Waals surface area contributed by atoms with Crippen molar-refractivity contribution in [2.45, 2.75) is 19.5 Å². The molecule has 5 nitrogen and oxygen atoms in total. The van der Waals surface area contributed by atoms with Crippen LogP contribution < -0.4 is 10.1 Å². The number of nitrogens with zero attached hydrogens (tertiary/aromatic N) is 1. The van der Waals surface area contributed by atoms with Crippen molar-refractivity contribution in [1.29, 1.82) is 0 Å². The minimum atomic E-state index is -0.605. The number of amides is 2. The Kier molecular flexibility index (Phi) is 6.83. The standard InChI is InChI=1S/C19H21ClN2O3/c1-14(19(24)21-2)22(12-15-6-4-3-5-7-15)18(23)13-25-17-10-8-16(20)9-11-17/h3-11,14H,12-13H2,1-2H3,(H,21,24)/t14-/m1/s1. The van der Waals surface area contributed by atoms with Crippen molar-refractivity contribution in [3.05, 3.63) is 65.2 Å². The largest absolute Gasteiger partial charge is 0.484 e. The summed E-state index contributed by atoms with van der Waals surface area (Å²) in [5, 5.41) is 3.17. The van der Waals surface area contributed by atoms with Gasteiger partial charge in [-0.2, -0.15) is 0 Å². The van der Waals surface area contributed by atoms with Gasteiger partial charge in [0.05, 0.1) is 0 Å². The molecule has 0 aliphatic carbocycles. The fourth-order valence-electron chi connectivity index (χ4n) is 2.33. The van der Waals surface area contributed by atoms with E-state index in [4.69, 9.17) is 16.3 Å². The quantitative estimate of drug-likeness (QED) is 0.826. The summed E-state index contributed by atoms with van der Waals surface area (Å²) < 4.78 is 5.52. The van der Waals surface area contributed by atoms with Crippen LogP contribution in [0.5, 0.6) is 5.75 Å². The van der Waals surface area contributed by atoms with Gasteiger partial charge < -0.3 is 15.0 Å². The number of hydrogen-bond donors (Lipinski definition) is 1. The summed E-state index contributed by atoms with van der Waals surface area (Å²) in [6, 6.07) is 15.7. The zero-order valence-corrected chi connectivity index (χ0v) is 15.0. The number of halogens is 1. The monoisotopic (exact) mass is 360 g/mol. The molecule has 0 aliphatic heterocycles. The molecule has 0 unspecified atom stereocenters. The normalized spacial score (nSPS) is 11.5. The maximum Gasteiger partial charge on any atom is 0.261 e. The third-order valence-corrected chi connectivity index (χ3v) is 4.04. The van der Waals surface area contributed by atoms with Gasteiger partial charge in [0.1, 0.15) is 11.8 Å². The van der Waals surface area contributed by atoms with Gasteiger partial charge in [0, 0.05) is 18.6 Å². The van der Waals surface area contributed by atoms with Gasteiger partial charge in [-0.05, 0) is 36.8 Å². The second kappa shape index (κ2) is 9.08. The van der Waals surface area contributed by atoms with Crippen molar-refractivity contribution in [3.8, 4) is 5.75 Å². The van der Waals surface area contributed by atoms with Gasteiger partial charge in [-0.3, -0.25) is 9.59 Å². The average molecular weight is 361 g/mol. The van der Waals surface area contributed by atoms with Crippen LogP contribution in [0, 0.1) is 0 Å². The first-order valence-corrected chi connectivity index (χ1v) is 8.32. The highest BCUT2D eigenvalue weighted by molar-refractivity contribution is 6.30. The molecule has 0 radical (unpaired) electrons. The van der Waals surface area contributed by atoms with E-state index in [1.165, 1.54) is 4.90 Å². The van der Waals surface area contributed by atoms with Gasteiger partial charge in [-0.1, -0.05) is 41.9 Å². The van der Waals surface area contributed by atoms with Crippen LogP contribution in [-0.4, -0.2) is 36.4 Å². The Balaban J connectivity index is 2.08. The van der Waals surface area contributed by atoms with Crippen LogP contribution in [0.1, 0.15) is 12.5 Å². The Labute approximate surface area is 152 Å². The van der Waals surface area contributed by atoms with Crippen LogP contribution in [0.4, 0.5) is 0 Å². The Morgan fingerprint density at radius 1 is 1.12 bits per heavy atom. The molecule has 0 heterocycles. The van der Waals surface area contributed by atoms with E-state index in [2.05, 4.69) is 5.32 Å². The van der Waals surface area contributed by atoms with Gasteiger partial charge in [-0.15, -0.1) is 0 Å². The van der Waals surface area contributed by atoms with Gasteiger partial charge >= 0.3 is 0 Å². The molecule has 2 aromatic rings. The minimum Gasteiger partial charge on any atom is -0.484 e. The third kappa shape index (κ3) is 5.50. The predicted molar refractivity (Wildman–Crippen MR) is 97.5 cm³/mol. The minimum absolute atomic E-state index is 0.157. The summed E-state index contributed by atoms with van der Waals surface area (Å²) >= 11 is 5.83. The second-order valence-electron chi connectivity index (χ2n) is 5.54. The summed E-state index contributed by atoms with van der Waals surface area (Å²) in [6.45, 7) is 1.87. The van der Waals surface area contributed by atoms with Gasteiger partial charge in [-0.25, -0.2) is 0 Å². The lowest BCUT2D eigenvalue weighted by Crippen LogP contribution is -2.48. The first-order valence-electron chi connectivity index (χ1n) is 7.94. The molecule has 2 aromatic carbocycles. The highest BCUT2D eigenvalue weighted by Gasteiger charge is 2.25. The molecule has 0 fully saturated rings. The Morgan fingerprint density at radius 2 is 1.76 bits per heavy atom. The Hall–Kier alpha value is -2.53. The smallest absolute Gasteiger partial charge is 0.261 e. The maximum atomic E-state index is 12.6. The van der Waals surface area contributed by atoms with E-state index in [1.54, 1.807) is 38.2 Å². The molecule has 132 valence electrons. The maximum absolute atomic E-state index is 12.6. The molecule has 25 heavy (non-hydrogen) atoms. The molecule has 0 saturated carbocycles. The molecule has 0 spiro atoms. The summed E-state index contributed by atoms with van der Waals surface area (Å²) in [6.07, 6.45) is 0. The number of nitrogens with one attached hydrogen (secondary N) is 1. The first kappa shape index (κ1) is 18.8. The topological polar surface area (TPSA) is 58.6 Å². The van der Waals surface area contributed by atoms with E-state index in [0.29, 0.717) is 17.3 Å². The first-order chi connectivity index (χ1) is 12.0. The lowest BCUT2D eigenvalue weighted by atomic mass is 10.1. The van der Waals surface area contributed by atoms with Crippen molar-refractivity contribution < 1.29 is 14.3 Å². The van der Waals surface area contributed by atoms with Crippen molar-refractivity contribution in [2.75, 3.05) is 13.7 Å². The number of likely N-dealkylation sites (N-methyl/N-ethyl adjacent to an activating group) is 1. The molecule has 2 rings (SSSR count). The van der Waals surface area contributed by atoms with Crippen molar-refractivity contribution >= 4 is 23.4 Å². The highest BCUT2D eigenvalue weighted by atomic mass is 35.5. The number of carbonyl (C=O) groups is 2. The van der Waals surface area contributed by atoms with Crippen LogP contribution in [0.2, 0.25) is 5.02 Å². The van der Waals surface area contributed by atoms with Crippen LogP contribution >= 0.6 is 11.6 Å². The number of benzene rings is 2.